The average molecular weight is 280 g/mol. The van der Waals surface area contributed by atoms with Gasteiger partial charge in [-0.25, -0.2) is 18.0 Å². The summed E-state index contributed by atoms with van der Waals surface area (Å²) in [7, 11) is 0. The number of nitrogens with one attached hydrogen (secondary N) is 2. The van der Waals surface area contributed by atoms with E-state index in [1.807, 2.05) is 0 Å². The number of amides is 2. The summed E-state index contributed by atoms with van der Waals surface area (Å²) < 4.78 is 39.3. The van der Waals surface area contributed by atoms with Crippen LogP contribution in [0.15, 0.2) is 42.5 Å². The highest BCUT2D eigenvalue weighted by Crippen LogP contribution is 2.14. The Kier molecular flexibility index (Phi) is 4.24. The van der Waals surface area contributed by atoms with Crippen LogP contribution in [0.3, 0.4) is 0 Å². The van der Waals surface area contributed by atoms with E-state index in [2.05, 4.69) is 10.6 Å². The lowest BCUT2D eigenvalue weighted by Gasteiger charge is -2.09. The highest BCUT2D eigenvalue weighted by atomic mass is 19.1. The van der Waals surface area contributed by atoms with Crippen molar-refractivity contribution in [2.75, 3.05) is 5.32 Å². The first-order valence-corrected chi connectivity index (χ1v) is 5.79. The summed E-state index contributed by atoms with van der Waals surface area (Å²) in [5.74, 6) is -2.06. The van der Waals surface area contributed by atoms with E-state index in [4.69, 9.17) is 0 Å². The Morgan fingerprint density at radius 2 is 1.75 bits per heavy atom. The molecule has 0 radical (unpaired) electrons. The maximum absolute atomic E-state index is 13.3. The number of rotatable bonds is 3. The molecule has 0 saturated heterocycles. The molecule has 2 aromatic carbocycles. The molecule has 6 heteroatoms. The van der Waals surface area contributed by atoms with Crippen molar-refractivity contribution < 1.29 is 18.0 Å². The maximum Gasteiger partial charge on any atom is 0.319 e. The molecule has 3 nitrogen and oxygen atoms in total. The van der Waals surface area contributed by atoms with Crippen molar-refractivity contribution in [3.05, 3.63) is 65.5 Å². The molecule has 0 heterocycles. The Labute approximate surface area is 113 Å². The van der Waals surface area contributed by atoms with E-state index in [1.165, 1.54) is 18.2 Å². The first-order chi connectivity index (χ1) is 9.56. The van der Waals surface area contributed by atoms with Gasteiger partial charge in [-0.2, -0.15) is 0 Å². The maximum atomic E-state index is 13.3. The summed E-state index contributed by atoms with van der Waals surface area (Å²) in [6.07, 6.45) is 0. The van der Waals surface area contributed by atoms with E-state index < -0.39 is 23.5 Å². The van der Waals surface area contributed by atoms with Crippen LogP contribution in [0.4, 0.5) is 23.7 Å². The largest absolute Gasteiger partial charge is 0.334 e. The van der Waals surface area contributed by atoms with Crippen molar-refractivity contribution in [1.29, 1.82) is 0 Å². The van der Waals surface area contributed by atoms with E-state index in [9.17, 15) is 18.0 Å². The van der Waals surface area contributed by atoms with Gasteiger partial charge in [0.05, 0.1) is 5.69 Å². The fraction of sp³-hybridized carbons (Fsp3) is 0.0714. The number of anilines is 1. The first-order valence-electron chi connectivity index (χ1n) is 5.79. The van der Waals surface area contributed by atoms with Crippen molar-refractivity contribution in [2.45, 2.75) is 6.54 Å². The SMILES string of the molecule is O=C(NCc1ccccc1F)Nc1ccc(F)cc1F. The van der Waals surface area contributed by atoms with Gasteiger partial charge in [0.2, 0.25) is 0 Å². The van der Waals surface area contributed by atoms with Crippen LogP contribution < -0.4 is 10.6 Å². The second-order valence-electron chi connectivity index (χ2n) is 4.02. The normalized spacial score (nSPS) is 10.2. The van der Waals surface area contributed by atoms with Gasteiger partial charge in [0.15, 0.2) is 0 Å². The molecule has 0 unspecified atom stereocenters. The number of urea groups is 1. The Hall–Kier alpha value is -2.50. The molecule has 0 spiro atoms. The molecule has 2 N–H and O–H groups in total. The molecule has 104 valence electrons. The van der Waals surface area contributed by atoms with Crippen LogP contribution in [0.2, 0.25) is 0 Å². The Balaban J connectivity index is 1.94. The van der Waals surface area contributed by atoms with Crippen molar-refractivity contribution in [3.63, 3.8) is 0 Å². The first kappa shape index (κ1) is 13.9. The quantitative estimate of drug-likeness (QED) is 0.888. The van der Waals surface area contributed by atoms with Crippen molar-refractivity contribution >= 4 is 11.7 Å². The van der Waals surface area contributed by atoms with Crippen LogP contribution in [-0.4, -0.2) is 6.03 Å². The summed E-state index contributed by atoms with van der Waals surface area (Å²) in [6, 6.07) is 8.04. The third-order valence-corrected chi connectivity index (χ3v) is 2.58. The van der Waals surface area contributed by atoms with E-state index in [0.29, 0.717) is 11.6 Å². The zero-order valence-electron chi connectivity index (χ0n) is 10.3. The van der Waals surface area contributed by atoms with Gasteiger partial charge < -0.3 is 10.6 Å². The van der Waals surface area contributed by atoms with Crippen LogP contribution >= 0.6 is 0 Å². The molecular formula is C14H11F3N2O. The highest BCUT2D eigenvalue weighted by Gasteiger charge is 2.08. The zero-order chi connectivity index (χ0) is 14.5. The van der Waals surface area contributed by atoms with Gasteiger partial charge in [-0.05, 0) is 18.2 Å². The second-order valence-corrected chi connectivity index (χ2v) is 4.02. The molecular weight excluding hydrogens is 269 g/mol. The van der Waals surface area contributed by atoms with Gasteiger partial charge in [0.1, 0.15) is 17.5 Å². The fourth-order valence-electron chi connectivity index (χ4n) is 1.57. The number of benzene rings is 2. The number of hydrogen-bond donors (Lipinski definition) is 2. The second kappa shape index (κ2) is 6.10. The van der Waals surface area contributed by atoms with E-state index in [0.717, 1.165) is 12.1 Å². The smallest absolute Gasteiger partial charge is 0.319 e. The molecule has 20 heavy (non-hydrogen) atoms. The molecule has 0 aliphatic heterocycles. The fourth-order valence-corrected chi connectivity index (χ4v) is 1.57. The lowest BCUT2D eigenvalue weighted by molar-refractivity contribution is 0.251. The summed E-state index contributed by atoms with van der Waals surface area (Å²) in [6.45, 7) is -0.0404. The molecule has 0 saturated carbocycles. The number of carbonyl (C=O) groups excluding carboxylic acids is 1. The van der Waals surface area contributed by atoms with Crippen molar-refractivity contribution in [3.8, 4) is 0 Å². The molecule has 0 bridgehead atoms. The molecule has 0 aromatic heterocycles. The lowest BCUT2D eigenvalue weighted by atomic mass is 10.2. The third kappa shape index (κ3) is 3.50. The Bertz CT molecular complexity index is 632. The minimum absolute atomic E-state index is 0.0404. The summed E-state index contributed by atoms with van der Waals surface area (Å²) in [4.78, 5) is 11.5. The predicted octanol–water partition coefficient (Wildman–Crippen LogP) is 3.43. The molecule has 2 amide bonds. The van der Waals surface area contributed by atoms with Crippen LogP contribution in [0.5, 0.6) is 0 Å². The monoisotopic (exact) mass is 280 g/mol. The van der Waals surface area contributed by atoms with E-state index >= 15 is 0 Å². The Morgan fingerprint density at radius 1 is 1.00 bits per heavy atom. The molecule has 0 aliphatic rings. The highest BCUT2D eigenvalue weighted by molar-refractivity contribution is 5.89. The van der Waals surface area contributed by atoms with Crippen molar-refractivity contribution in [1.82, 2.24) is 5.32 Å². The zero-order valence-corrected chi connectivity index (χ0v) is 10.3. The lowest BCUT2D eigenvalue weighted by Crippen LogP contribution is -2.28. The Morgan fingerprint density at radius 3 is 2.45 bits per heavy atom. The molecule has 0 aliphatic carbocycles. The van der Waals surface area contributed by atoms with Crippen LogP contribution in [0.1, 0.15) is 5.56 Å². The molecule has 2 aromatic rings. The van der Waals surface area contributed by atoms with E-state index in [1.54, 1.807) is 6.07 Å². The van der Waals surface area contributed by atoms with Crippen LogP contribution in [0, 0.1) is 17.5 Å². The van der Waals surface area contributed by atoms with Crippen molar-refractivity contribution in [2.24, 2.45) is 0 Å². The number of hydrogen-bond acceptors (Lipinski definition) is 1. The van der Waals surface area contributed by atoms with Gasteiger partial charge in [-0.15, -0.1) is 0 Å². The van der Waals surface area contributed by atoms with Crippen LogP contribution in [0.25, 0.3) is 0 Å². The molecule has 0 atom stereocenters. The number of carbonyl (C=O) groups is 1. The molecule has 2 rings (SSSR count). The van der Waals surface area contributed by atoms with Gasteiger partial charge in [-0.1, -0.05) is 18.2 Å². The standard InChI is InChI=1S/C14H11F3N2O/c15-10-5-6-13(12(17)7-10)19-14(20)18-8-9-3-1-2-4-11(9)16/h1-7H,8H2,(H2,18,19,20). The average Bonchev–Trinajstić information content (AvgIpc) is 2.41. The minimum atomic E-state index is -0.883. The van der Waals surface area contributed by atoms with E-state index in [-0.39, 0.29) is 12.2 Å². The van der Waals surface area contributed by atoms with Gasteiger partial charge in [-0.3, -0.25) is 0 Å². The summed E-state index contributed by atoms with van der Waals surface area (Å²) >= 11 is 0. The predicted molar refractivity (Wildman–Crippen MR) is 68.6 cm³/mol. The molecule has 0 fully saturated rings. The van der Waals surface area contributed by atoms with Gasteiger partial charge in [0, 0.05) is 18.2 Å². The van der Waals surface area contributed by atoms with Crippen LogP contribution in [-0.2, 0) is 6.54 Å². The topological polar surface area (TPSA) is 41.1 Å². The minimum Gasteiger partial charge on any atom is -0.334 e. The summed E-state index contributed by atoms with van der Waals surface area (Å²) in [5.41, 5.74) is 0.152. The third-order valence-electron chi connectivity index (χ3n) is 2.58. The van der Waals surface area contributed by atoms with Gasteiger partial charge >= 0.3 is 6.03 Å². The summed E-state index contributed by atoms with van der Waals surface area (Å²) in [5, 5.41) is 4.59. The van der Waals surface area contributed by atoms with Gasteiger partial charge in [0.25, 0.3) is 0 Å². The number of halogens is 3.